The zero-order chi connectivity index (χ0) is 26.2. The van der Waals surface area contributed by atoms with E-state index in [0.717, 1.165) is 28.8 Å². The van der Waals surface area contributed by atoms with Crippen LogP contribution in [0.5, 0.6) is 11.5 Å². The molecule has 0 spiro atoms. The number of ether oxygens (including phenoxy) is 1. The van der Waals surface area contributed by atoms with E-state index in [-0.39, 0.29) is 20.7 Å². The normalized spacial score (nSPS) is 15.0. The Kier molecular flexibility index (Phi) is 7.16. The smallest absolute Gasteiger partial charge is 0.416 e. The van der Waals surface area contributed by atoms with Crippen LogP contribution in [0.3, 0.4) is 0 Å². The first-order valence-electron chi connectivity index (χ1n) is 9.80. The zero-order valence-electron chi connectivity index (χ0n) is 17.6. The van der Waals surface area contributed by atoms with E-state index < -0.39 is 39.8 Å². The van der Waals surface area contributed by atoms with Crippen LogP contribution in [0.15, 0.2) is 70.0 Å². The van der Waals surface area contributed by atoms with Crippen molar-refractivity contribution >= 4 is 67.6 Å². The largest absolute Gasteiger partial charge is 0.449 e. The van der Waals surface area contributed by atoms with Crippen molar-refractivity contribution in [1.29, 1.82) is 0 Å². The van der Waals surface area contributed by atoms with Crippen LogP contribution in [0.25, 0.3) is 6.08 Å². The highest BCUT2D eigenvalue weighted by atomic mass is 79.9. The quantitative estimate of drug-likeness (QED) is 0.0984. The minimum Gasteiger partial charge on any atom is -0.449 e. The Morgan fingerprint density at radius 1 is 1.08 bits per heavy atom. The van der Waals surface area contributed by atoms with Crippen molar-refractivity contribution in [3.8, 4) is 11.5 Å². The number of carbonyl (C=O) groups excluding carboxylic acids is 1. The van der Waals surface area contributed by atoms with E-state index in [1.807, 2.05) is 0 Å². The Bertz CT molecular complexity index is 1450. The van der Waals surface area contributed by atoms with Crippen molar-refractivity contribution in [2.24, 2.45) is 0 Å². The predicted molar refractivity (Wildman–Crippen MR) is 134 cm³/mol. The molecule has 1 aliphatic rings. The first-order chi connectivity index (χ1) is 16.9. The number of alkyl halides is 3. The van der Waals surface area contributed by atoms with Crippen LogP contribution >= 0.6 is 39.9 Å². The number of nitro benzene ring substituents is 1. The summed E-state index contributed by atoms with van der Waals surface area (Å²) in [5.74, 6) is -1.46. The lowest BCUT2D eigenvalue weighted by molar-refractivity contribution is -0.385. The lowest BCUT2D eigenvalue weighted by atomic mass is 10.1. The molecular weight excluding hydrogens is 588 g/mol. The maximum absolute atomic E-state index is 13.7. The summed E-state index contributed by atoms with van der Waals surface area (Å²) in [4.78, 5) is 24.8. The van der Waals surface area contributed by atoms with Crippen LogP contribution in [-0.4, -0.2) is 15.2 Å². The van der Waals surface area contributed by atoms with Gasteiger partial charge in [0.2, 0.25) is 5.75 Å². The predicted octanol–water partition coefficient (Wildman–Crippen LogP) is 7.71. The molecule has 1 amide bonds. The van der Waals surface area contributed by atoms with Crippen molar-refractivity contribution in [3.63, 3.8) is 0 Å². The minimum atomic E-state index is -4.78. The second-order valence-corrected chi connectivity index (χ2v) is 9.81. The maximum atomic E-state index is 13.7. The van der Waals surface area contributed by atoms with Crippen LogP contribution in [0, 0.1) is 15.9 Å². The molecule has 4 rings (SSSR count). The molecule has 1 fully saturated rings. The van der Waals surface area contributed by atoms with Gasteiger partial charge in [0, 0.05) is 16.1 Å². The molecule has 3 aromatic rings. The molecule has 1 aliphatic heterocycles. The summed E-state index contributed by atoms with van der Waals surface area (Å²) in [6.45, 7) is 0. The number of nitro groups is 1. The Labute approximate surface area is 218 Å². The number of hydrogen-bond donors (Lipinski definition) is 0. The molecule has 0 unspecified atom stereocenters. The highest BCUT2D eigenvalue weighted by molar-refractivity contribution is 9.10. The molecule has 13 heteroatoms. The maximum Gasteiger partial charge on any atom is 0.416 e. The Hall–Kier alpha value is -3.29. The zero-order valence-corrected chi connectivity index (χ0v) is 20.8. The molecule has 36 heavy (non-hydrogen) atoms. The molecule has 0 radical (unpaired) electrons. The second-order valence-electron chi connectivity index (χ2n) is 7.22. The average molecular weight is 599 g/mol. The van der Waals surface area contributed by atoms with E-state index in [9.17, 15) is 32.5 Å². The van der Waals surface area contributed by atoms with Gasteiger partial charge in [0.25, 0.3) is 5.91 Å². The summed E-state index contributed by atoms with van der Waals surface area (Å²) in [6, 6.07) is 11.8. The van der Waals surface area contributed by atoms with Gasteiger partial charge in [-0.05, 0) is 54.6 Å². The standard InChI is InChI=1S/C23H11BrF4N2O4S2/c24-14-5-7-18(34-19-6-4-13(23(26,27)28)10-17(19)30(32)33)12(8-14)9-20-21(31)29(22(35)36-20)16-3-1-2-15(25)11-16/h1-11H/b20-9-. The first-order valence-corrected chi connectivity index (χ1v) is 11.8. The van der Waals surface area contributed by atoms with Gasteiger partial charge in [0.05, 0.1) is 21.1 Å². The van der Waals surface area contributed by atoms with Crippen molar-refractivity contribution in [2.45, 2.75) is 6.18 Å². The summed E-state index contributed by atoms with van der Waals surface area (Å²) in [5, 5.41) is 11.4. The van der Waals surface area contributed by atoms with Crippen molar-refractivity contribution in [2.75, 3.05) is 4.90 Å². The van der Waals surface area contributed by atoms with Crippen molar-refractivity contribution in [3.05, 3.63) is 97.1 Å². The number of amides is 1. The molecule has 0 N–H and O–H groups in total. The Balaban J connectivity index is 1.71. The third kappa shape index (κ3) is 5.42. The molecule has 0 aromatic heterocycles. The number of anilines is 1. The molecule has 1 saturated heterocycles. The fraction of sp³-hybridized carbons (Fsp3) is 0.0435. The van der Waals surface area contributed by atoms with E-state index in [1.165, 1.54) is 30.3 Å². The van der Waals surface area contributed by atoms with Gasteiger partial charge >= 0.3 is 11.9 Å². The van der Waals surface area contributed by atoms with Gasteiger partial charge in [-0.15, -0.1) is 0 Å². The van der Waals surface area contributed by atoms with Gasteiger partial charge in [-0.25, -0.2) is 4.39 Å². The molecule has 184 valence electrons. The number of hydrogen-bond acceptors (Lipinski definition) is 6. The number of rotatable bonds is 5. The lowest BCUT2D eigenvalue weighted by Crippen LogP contribution is -2.27. The molecule has 3 aromatic carbocycles. The fourth-order valence-corrected chi connectivity index (χ4v) is 4.88. The number of thioether (sulfide) groups is 1. The minimum absolute atomic E-state index is 0.0390. The average Bonchev–Trinajstić information content (AvgIpc) is 3.07. The third-order valence-corrected chi connectivity index (χ3v) is 6.62. The number of carbonyl (C=O) groups is 1. The van der Waals surface area contributed by atoms with Crippen LogP contribution in [0.4, 0.5) is 28.9 Å². The van der Waals surface area contributed by atoms with Gasteiger partial charge in [0.1, 0.15) is 11.6 Å². The molecule has 6 nitrogen and oxygen atoms in total. The molecule has 1 heterocycles. The van der Waals surface area contributed by atoms with E-state index in [1.54, 1.807) is 12.1 Å². The van der Waals surface area contributed by atoms with Crippen LogP contribution in [0.2, 0.25) is 0 Å². The van der Waals surface area contributed by atoms with Gasteiger partial charge in [-0.2, -0.15) is 13.2 Å². The molecule has 0 saturated carbocycles. The highest BCUT2D eigenvalue weighted by Crippen LogP contribution is 2.41. The van der Waals surface area contributed by atoms with E-state index in [0.29, 0.717) is 22.2 Å². The van der Waals surface area contributed by atoms with Gasteiger partial charge in [-0.1, -0.05) is 46.0 Å². The van der Waals surface area contributed by atoms with E-state index in [2.05, 4.69) is 15.9 Å². The van der Waals surface area contributed by atoms with Gasteiger partial charge in [0.15, 0.2) is 4.32 Å². The topological polar surface area (TPSA) is 72.7 Å². The number of halogens is 5. The first kappa shape index (κ1) is 25.8. The number of nitrogens with zero attached hydrogens (tertiary/aromatic N) is 2. The van der Waals surface area contributed by atoms with Crippen LogP contribution < -0.4 is 9.64 Å². The SMILES string of the molecule is O=C1/C(=C/c2cc(Br)ccc2Oc2ccc(C(F)(F)F)cc2[N+](=O)[O-])SC(=S)N1c1cccc(F)c1. The van der Waals surface area contributed by atoms with Crippen molar-refractivity contribution in [1.82, 2.24) is 0 Å². The second kappa shape index (κ2) is 9.99. The van der Waals surface area contributed by atoms with Gasteiger partial charge in [-0.3, -0.25) is 19.8 Å². The van der Waals surface area contributed by atoms with Crippen molar-refractivity contribution < 1.29 is 32.0 Å². The highest BCUT2D eigenvalue weighted by Gasteiger charge is 2.35. The molecule has 0 aliphatic carbocycles. The Morgan fingerprint density at radius 3 is 2.47 bits per heavy atom. The molecule has 0 bridgehead atoms. The number of benzene rings is 3. The molecule has 0 atom stereocenters. The Morgan fingerprint density at radius 2 is 1.81 bits per heavy atom. The van der Waals surface area contributed by atoms with Gasteiger partial charge < -0.3 is 4.74 Å². The van der Waals surface area contributed by atoms with E-state index in [4.69, 9.17) is 17.0 Å². The summed E-state index contributed by atoms with van der Waals surface area (Å²) < 4.78 is 59.1. The summed E-state index contributed by atoms with van der Waals surface area (Å²) >= 11 is 9.53. The summed E-state index contributed by atoms with van der Waals surface area (Å²) in [6.07, 6.45) is -3.35. The van der Waals surface area contributed by atoms with E-state index >= 15 is 0 Å². The number of thiocarbonyl (C=S) groups is 1. The summed E-state index contributed by atoms with van der Waals surface area (Å²) in [5.41, 5.74) is -1.54. The molecular formula is C23H11BrF4N2O4S2. The summed E-state index contributed by atoms with van der Waals surface area (Å²) in [7, 11) is 0. The third-order valence-electron chi connectivity index (χ3n) is 4.82. The lowest BCUT2D eigenvalue weighted by Gasteiger charge is -2.14. The van der Waals surface area contributed by atoms with Crippen LogP contribution in [-0.2, 0) is 11.0 Å². The monoisotopic (exact) mass is 598 g/mol. The van der Waals surface area contributed by atoms with Crippen LogP contribution in [0.1, 0.15) is 11.1 Å². The fourth-order valence-electron chi connectivity index (χ4n) is 3.21.